The molecule has 0 atom stereocenters. The van der Waals surface area contributed by atoms with Crippen LogP contribution in [0.1, 0.15) is 20.3 Å². The van der Waals surface area contributed by atoms with Crippen molar-refractivity contribution in [2.45, 2.75) is 20.3 Å². The van der Waals surface area contributed by atoms with Crippen molar-refractivity contribution in [2.75, 3.05) is 32.7 Å². The first kappa shape index (κ1) is 11.5. The van der Waals surface area contributed by atoms with Crippen LogP contribution in [0.25, 0.3) is 0 Å². The van der Waals surface area contributed by atoms with Crippen molar-refractivity contribution in [2.24, 2.45) is 0 Å². The zero-order chi connectivity index (χ0) is 8.93. The highest BCUT2D eigenvalue weighted by molar-refractivity contribution is 5.23. The summed E-state index contributed by atoms with van der Waals surface area (Å²) in [4.78, 5) is 2.53. The highest BCUT2D eigenvalue weighted by Crippen LogP contribution is 2.11. The third kappa shape index (κ3) is 3.28. The Bertz CT molecular complexity index is 212. The summed E-state index contributed by atoms with van der Waals surface area (Å²) in [5.41, 5.74) is 1.51. The van der Waals surface area contributed by atoms with Crippen molar-refractivity contribution in [3.8, 4) is 0 Å². The standard InChI is InChI=1S/C11H18N2.CH4/c1-2-4-11(5-3-1)10-13-8-6-12-7-9-13;/h2,4-5,12H,1,3,6-10H2;1H4. The third-order valence-electron chi connectivity index (χ3n) is 2.69. The van der Waals surface area contributed by atoms with Gasteiger partial charge in [0.25, 0.3) is 0 Å². The molecular weight excluding hydrogens is 172 g/mol. The molecule has 2 heteroatoms. The highest BCUT2D eigenvalue weighted by Gasteiger charge is 2.10. The average molecular weight is 194 g/mol. The maximum absolute atomic E-state index is 3.37. The molecule has 0 unspecified atom stereocenters. The van der Waals surface area contributed by atoms with Gasteiger partial charge in [-0.1, -0.05) is 25.7 Å². The van der Waals surface area contributed by atoms with Crippen LogP contribution in [-0.2, 0) is 0 Å². The smallest absolute Gasteiger partial charge is 0.0231 e. The lowest BCUT2D eigenvalue weighted by Crippen LogP contribution is -2.44. The summed E-state index contributed by atoms with van der Waals surface area (Å²) < 4.78 is 0. The first-order valence-corrected chi connectivity index (χ1v) is 5.24. The second kappa shape index (κ2) is 5.99. The number of hydrogen-bond acceptors (Lipinski definition) is 2. The van der Waals surface area contributed by atoms with E-state index in [-0.39, 0.29) is 7.43 Å². The molecule has 0 saturated carbocycles. The molecule has 1 fully saturated rings. The van der Waals surface area contributed by atoms with Gasteiger partial charge >= 0.3 is 0 Å². The van der Waals surface area contributed by atoms with Crippen molar-refractivity contribution in [3.63, 3.8) is 0 Å². The summed E-state index contributed by atoms with van der Waals surface area (Å²) in [6.07, 6.45) is 9.41. The van der Waals surface area contributed by atoms with E-state index in [9.17, 15) is 0 Å². The first-order valence-electron chi connectivity index (χ1n) is 5.24. The molecule has 0 spiro atoms. The molecule has 0 aromatic rings. The minimum absolute atomic E-state index is 0. The quantitative estimate of drug-likeness (QED) is 0.721. The molecule has 1 aliphatic carbocycles. The lowest BCUT2D eigenvalue weighted by Gasteiger charge is -2.27. The first-order chi connectivity index (χ1) is 6.45. The van der Waals surface area contributed by atoms with Crippen LogP contribution in [0.3, 0.4) is 0 Å². The predicted molar refractivity (Wildman–Crippen MR) is 62.5 cm³/mol. The maximum Gasteiger partial charge on any atom is 0.0231 e. The van der Waals surface area contributed by atoms with Gasteiger partial charge in [0.2, 0.25) is 0 Å². The van der Waals surface area contributed by atoms with Crippen LogP contribution in [0.5, 0.6) is 0 Å². The van der Waals surface area contributed by atoms with E-state index >= 15 is 0 Å². The lowest BCUT2D eigenvalue weighted by atomic mass is 10.1. The van der Waals surface area contributed by atoms with Gasteiger partial charge in [-0.2, -0.15) is 0 Å². The van der Waals surface area contributed by atoms with Gasteiger partial charge in [-0.3, -0.25) is 4.90 Å². The predicted octanol–water partition coefficient (Wildman–Crippen LogP) is 1.80. The van der Waals surface area contributed by atoms with Crippen LogP contribution in [-0.4, -0.2) is 37.6 Å². The number of nitrogens with zero attached hydrogens (tertiary/aromatic N) is 1. The largest absolute Gasteiger partial charge is 0.314 e. The van der Waals surface area contributed by atoms with E-state index in [1.54, 1.807) is 0 Å². The Morgan fingerprint density at radius 3 is 2.64 bits per heavy atom. The van der Waals surface area contributed by atoms with Gasteiger partial charge in [0.15, 0.2) is 0 Å². The highest BCUT2D eigenvalue weighted by atomic mass is 15.2. The second-order valence-electron chi connectivity index (χ2n) is 3.78. The summed E-state index contributed by atoms with van der Waals surface area (Å²) >= 11 is 0. The average Bonchev–Trinajstić information content (AvgIpc) is 2.21. The second-order valence-corrected chi connectivity index (χ2v) is 3.78. The molecule has 0 bridgehead atoms. The number of nitrogens with one attached hydrogen (secondary N) is 1. The Labute approximate surface area is 87.7 Å². The molecule has 1 aliphatic heterocycles. The monoisotopic (exact) mass is 194 g/mol. The molecule has 80 valence electrons. The van der Waals surface area contributed by atoms with Crippen molar-refractivity contribution >= 4 is 0 Å². The van der Waals surface area contributed by atoms with Crippen LogP contribution in [0, 0.1) is 0 Å². The van der Waals surface area contributed by atoms with E-state index < -0.39 is 0 Å². The molecular formula is C12H22N2. The lowest BCUT2D eigenvalue weighted by molar-refractivity contribution is 0.261. The number of allylic oxidation sites excluding steroid dienone is 2. The molecule has 1 N–H and O–H groups in total. The molecule has 2 aliphatic rings. The number of hydrogen-bond donors (Lipinski definition) is 1. The topological polar surface area (TPSA) is 15.3 Å². The van der Waals surface area contributed by atoms with E-state index in [0.717, 1.165) is 19.6 Å². The maximum atomic E-state index is 3.37. The minimum Gasteiger partial charge on any atom is -0.314 e. The van der Waals surface area contributed by atoms with Crippen molar-refractivity contribution in [3.05, 3.63) is 23.8 Å². The van der Waals surface area contributed by atoms with Crippen LogP contribution in [0.2, 0.25) is 0 Å². The molecule has 1 saturated heterocycles. The van der Waals surface area contributed by atoms with Crippen LogP contribution in [0.15, 0.2) is 23.8 Å². The third-order valence-corrected chi connectivity index (χ3v) is 2.69. The molecule has 14 heavy (non-hydrogen) atoms. The fourth-order valence-corrected chi connectivity index (χ4v) is 1.91. The SMILES string of the molecule is C.C1=CC(CN2CCNCC2)=CCC1. The molecule has 2 nitrogen and oxygen atoms in total. The van der Waals surface area contributed by atoms with E-state index in [2.05, 4.69) is 28.4 Å². The van der Waals surface area contributed by atoms with Gasteiger partial charge in [-0.15, -0.1) is 0 Å². The minimum atomic E-state index is 0. The summed E-state index contributed by atoms with van der Waals surface area (Å²) in [7, 11) is 0. The number of piperazine rings is 1. The Morgan fingerprint density at radius 2 is 2.00 bits per heavy atom. The zero-order valence-electron chi connectivity index (χ0n) is 8.13. The van der Waals surface area contributed by atoms with Crippen LogP contribution >= 0.6 is 0 Å². The van der Waals surface area contributed by atoms with E-state index in [0.29, 0.717) is 0 Å². The van der Waals surface area contributed by atoms with Gasteiger partial charge in [0, 0.05) is 32.7 Å². The van der Waals surface area contributed by atoms with E-state index in [4.69, 9.17) is 0 Å². The van der Waals surface area contributed by atoms with Gasteiger partial charge in [0.1, 0.15) is 0 Å². The number of rotatable bonds is 2. The fourth-order valence-electron chi connectivity index (χ4n) is 1.91. The Balaban J connectivity index is 0.000000980. The Hall–Kier alpha value is -0.600. The Morgan fingerprint density at radius 1 is 1.21 bits per heavy atom. The van der Waals surface area contributed by atoms with Gasteiger partial charge in [-0.25, -0.2) is 0 Å². The molecule has 0 radical (unpaired) electrons. The summed E-state index contributed by atoms with van der Waals surface area (Å²) in [5.74, 6) is 0. The normalized spacial score (nSPS) is 22.7. The Kier molecular flexibility index (Phi) is 4.91. The molecule has 0 aromatic carbocycles. The van der Waals surface area contributed by atoms with Crippen molar-refractivity contribution in [1.82, 2.24) is 10.2 Å². The fraction of sp³-hybridized carbons (Fsp3) is 0.667. The van der Waals surface area contributed by atoms with Crippen LogP contribution < -0.4 is 5.32 Å². The van der Waals surface area contributed by atoms with Crippen molar-refractivity contribution < 1.29 is 0 Å². The van der Waals surface area contributed by atoms with Crippen molar-refractivity contribution in [1.29, 1.82) is 0 Å². The summed E-state index contributed by atoms with van der Waals surface area (Å²) in [6.45, 7) is 5.85. The summed E-state index contributed by atoms with van der Waals surface area (Å²) in [6, 6.07) is 0. The van der Waals surface area contributed by atoms with Gasteiger partial charge in [-0.05, 0) is 18.4 Å². The summed E-state index contributed by atoms with van der Waals surface area (Å²) in [5, 5.41) is 3.37. The van der Waals surface area contributed by atoms with E-state index in [1.165, 1.54) is 31.5 Å². The molecule has 1 heterocycles. The van der Waals surface area contributed by atoms with Gasteiger partial charge < -0.3 is 5.32 Å². The zero-order valence-corrected chi connectivity index (χ0v) is 8.13. The van der Waals surface area contributed by atoms with E-state index in [1.807, 2.05) is 0 Å². The molecule has 0 aromatic heterocycles. The molecule has 0 amide bonds. The van der Waals surface area contributed by atoms with Gasteiger partial charge in [0.05, 0.1) is 0 Å². The molecule has 2 rings (SSSR count). The van der Waals surface area contributed by atoms with Crippen LogP contribution in [0.4, 0.5) is 0 Å².